The minimum atomic E-state index is -0.850. The molecule has 1 aromatic carbocycles. The number of carbonyl (C=O) groups excluding carboxylic acids is 1. The summed E-state index contributed by atoms with van der Waals surface area (Å²) in [5, 5.41) is 8.79. The molecule has 5 heteroatoms. The summed E-state index contributed by atoms with van der Waals surface area (Å²) in [5.41, 5.74) is 0.655. The average Bonchev–Trinajstić information content (AvgIpc) is 2.49. The summed E-state index contributed by atoms with van der Waals surface area (Å²) in [7, 11) is 0. The van der Waals surface area contributed by atoms with Crippen molar-refractivity contribution >= 4 is 11.8 Å². The van der Waals surface area contributed by atoms with Gasteiger partial charge < -0.3 is 9.84 Å². The van der Waals surface area contributed by atoms with E-state index < -0.39 is 5.97 Å². The average molecular weight is 293 g/mol. The van der Waals surface area contributed by atoms with Gasteiger partial charge in [-0.1, -0.05) is 30.3 Å². The van der Waals surface area contributed by atoms with Crippen molar-refractivity contribution in [3.8, 4) is 0 Å². The van der Waals surface area contributed by atoms with Gasteiger partial charge in [0.2, 0.25) is 0 Å². The largest absolute Gasteiger partial charge is 0.481 e. The summed E-state index contributed by atoms with van der Waals surface area (Å²) in [5.74, 6) is -0.839. The quantitative estimate of drug-likeness (QED) is 0.500. The Morgan fingerprint density at radius 2 is 1.90 bits per heavy atom. The van der Waals surface area contributed by atoms with Gasteiger partial charge in [0.15, 0.2) is 5.78 Å². The molecule has 0 heterocycles. The summed E-state index contributed by atoms with van der Waals surface area (Å²) >= 11 is 0. The van der Waals surface area contributed by atoms with E-state index in [-0.39, 0.29) is 18.7 Å². The Labute approximate surface area is 125 Å². The van der Waals surface area contributed by atoms with E-state index in [4.69, 9.17) is 9.84 Å². The minimum absolute atomic E-state index is 0.0115. The van der Waals surface area contributed by atoms with Crippen LogP contribution in [-0.4, -0.2) is 54.6 Å². The molecule has 0 fully saturated rings. The molecule has 21 heavy (non-hydrogen) atoms. The van der Waals surface area contributed by atoms with Crippen LogP contribution >= 0.6 is 0 Å². The van der Waals surface area contributed by atoms with Crippen molar-refractivity contribution in [2.45, 2.75) is 19.8 Å². The number of hydrogen-bond donors (Lipinski definition) is 1. The molecule has 0 bridgehead atoms. The molecule has 1 aromatic rings. The summed E-state index contributed by atoms with van der Waals surface area (Å²) in [6.07, 6.45) is 0.826. The molecule has 0 spiro atoms. The molecule has 0 aliphatic heterocycles. The van der Waals surface area contributed by atoms with Crippen LogP contribution in [0.15, 0.2) is 30.3 Å². The second-order valence-corrected chi connectivity index (χ2v) is 4.76. The number of rotatable bonds is 11. The highest BCUT2D eigenvalue weighted by atomic mass is 16.5. The van der Waals surface area contributed by atoms with Gasteiger partial charge in [-0.3, -0.25) is 14.5 Å². The van der Waals surface area contributed by atoms with Gasteiger partial charge in [-0.25, -0.2) is 0 Å². The van der Waals surface area contributed by atoms with Crippen LogP contribution in [0, 0.1) is 0 Å². The molecule has 0 saturated heterocycles. The van der Waals surface area contributed by atoms with Crippen molar-refractivity contribution in [2.75, 3.05) is 32.8 Å². The Kier molecular flexibility index (Phi) is 8.31. The lowest BCUT2D eigenvalue weighted by Gasteiger charge is -2.20. The van der Waals surface area contributed by atoms with Gasteiger partial charge in [0.05, 0.1) is 13.0 Å². The van der Waals surface area contributed by atoms with Crippen LogP contribution in [-0.2, 0) is 9.53 Å². The number of benzene rings is 1. The van der Waals surface area contributed by atoms with Crippen LogP contribution in [0.2, 0.25) is 0 Å². The Morgan fingerprint density at radius 3 is 2.52 bits per heavy atom. The molecule has 0 saturated carbocycles. The number of carboxylic acid groups (broad SMARTS) is 1. The Bertz CT molecular complexity index is 433. The summed E-state index contributed by atoms with van der Waals surface area (Å²) in [6, 6.07) is 9.06. The molecule has 1 rings (SSSR count). The third-order valence-corrected chi connectivity index (χ3v) is 3.07. The minimum Gasteiger partial charge on any atom is -0.481 e. The van der Waals surface area contributed by atoms with E-state index in [1.54, 1.807) is 12.1 Å². The standard InChI is InChI=1S/C16H23NO4/c1-2-21-12-6-10-17(11-9-16(19)20)13-15(18)14-7-4-3-5-8-14/h3-5,7-8H,2,6,9-13H2,1H3,(H,19,20). The number of ether oxygens (including phenoxy) is 1. The second-order valence-electron chi connectivity index (χ2n) is 4.76. The lowest BCUT2D eigenvalue weighted by atomic mass is 10.1. The number of aliphatic carboxylic acids is 1. The van der Waals surface area contributed by atoms with Crippen molar-refractivity contribution in [3.63, 3.8) is 0 Å². The maximum absolute atomic E-state index is 12.2. The number of hydrogen-bond acceptors (Lipinski definition) is 4. The smallest absolute Gasteiger partial charge is 0.304 e. The zero-order valence-corrected chi connectivity index (χ0v) is 12.5. The highest BCUT2D eigenvalue weighted by Gasteiger charge is 2.13. The van der Waals surface area contributed by atoms with Crippen LogP contribution < -0.4 is 0 Å². The molecule has 5 nitrogen and oxygen atoms in total. The van der Waals surface area contributed by atoms with Crippen molar-refractivity contribution in [1.29, 1.82) is 0 Å². The molecule has 0 radical (unpaired) electrons. The highest BCUT2D eigenvalue weighted by molar-refractivity contribution is 5.97. The van der Waals surface area contributed by atoms with Crippen LogP contribution in [0.5, 0.6) is 0 Å². The van der Waals surface area contributed by atoms with Crippen LogP contribution in [0.1, 0.15) is 30.1 Å². The Hall–Kier alpha value is -1.72. The van der Waals surface area contributed by atoms with E-state index in [0.717, 1.165) is 6.42 Å². The lowest BCUT2D eigenvalue weighted by molar-refractivity contribution is -0.137. The fourth-order valence-electron chi connectivity index (χ4n) is 1.98. The topological polar surface area (TPSA) is 66.8 Å². The first-order chi connectivity index (χ1) is 10.1. The van der Waals surface area contributed by atoms with Crippen molar-refractivity contribution < 1.29 is 19.4 Å². The van der Waals surface area contributed by atoms with Gasteiger partial charge in [0, 0.05) is 31.9 Å². The molecular formula is C16H23NO4. The first-order valence-electron chi connectivity index (χ1n) is 7.23. The van der Waals surface area contributed by atoms with Gasteiger partial charge in [-0.15, -0.1) is 0 Å². The summed E-state index contributed by atoms with van der Waals surface area (Å²) in [4.78, 5) is 24.7. The van der Waals surface area contributed by atoms with Gasteiger partial charge in [-0.2, -0.15) is 0 Å². The molecule has 116 valence electrons. The fraction of sp³-hybridized carbons (Fsp3) is 0.500. The molecule has 0 aromatic heterocycles. The van der Waals surface area contributed by atoms with Crippen molar-refractivity contribution in [2.24, 2.45) is 0 Å². The molecular weight excluding hydrogens is 270 g/mol. The number of Topliss-reactive ketones (excluding diaryl/α,β-unsaturated/α-hetero) is 1. The zero-order valence-electron chi connectivity index (χ0n) is 12.5. The monoisotopic (exact) mass is 293 g/mol. The molecule has 1 N–H and O–H groups in total. The first kappa shape index (κ1) is 17.3. The third-order valence-electron chi connectivity index (χ3n) is 3.07. The maximum atomic E-state index is 12.2. The number of carboxylic acids is 1. The Morgan fingerprint density at radius 1 is 1.19 bits per heavy atom. The van der Waals surface area contributed by atoms with Crippen LogP contribution in [0.4, 0.5) is 0 Å². The number of carbonyl (C=O) groups is 2. The van der Waals surface area contributed by atoms with E-state index in [9.17, 15) is 9.59 Å². The van der Waals surface area contributed by atoms with Gasteiger partial charge >= 0.3 is 5.97 Å². The van der Waals surface area contributed by atoms with E-state index in [1.807, 2.05) is 30.0 Å². The number of nitrogens with zero attached hydrogens (tertiary/aromatic N) is 1. The number of ketones is 1. The fourth-order valence-corrected chi connectivity index (χ4v) is 1.98. The van der Waals surface area contributed by atoms with E-state index in [2.05, 4.69) is 0 Å². The predicted octanol–water partition coefficient (Wildman–Crippen LogP) is 2.07. The SMILES string of the molecule is CCOCCCN(CCC(=O)O)CC(=O)c1ccccc1. The zero-order chi connectivity index (χ0) is 15.5. The lowest BCUT2D eigenvalue weighted by Crippen LogP contribution is -2.33. The van der Waals surface area contributed by atoms with E-state index >= 15 is 0 Å². The van der Waals surface area contributed by atoms with Crippen molar-refractivity contribution in [1.82, 2.24) is 4.90 Å². The molecule has 0 aliphatic rings. The van der Waals surface area contributed by atoms with E-state index in [0.29, 0.717) is 31.9 Å². The molecule has 0 amide bonds. The van der Waals surface area contributed by atoms with Crippen molar-refractivity contribution in [3.05, 3.63) is 35.9 Å². The normalized spacial score (nSPS) is 10.8. The van der Waals surface area contributed by atoms with E-state index in [1.165, 1.54) is 0 Å². The maximum Gasteiger partial charge on any atom is 0.304 e. The summed E-state index contributed by atoms with van der Waals surface area (Å²) < 4.78 is 5.27. The van der Waals surface area contributed by atoms with Gasteiger partial charge in [0.25, 0.3) is 0 Å². The first-order valence-corrected chi connectivity index (χ1v) is 7.23. The van der Waals surface area contributed by atoms with Gasteiger partial charge in [-0.05, 0) is 13.3 Å². The Balaban J connectivity index is 2.50. The molecule has 0 unspecified atom stereocenters. The molecule has 0 atom stereocenters. The predicted molar refractivity (Wildman–Crippen MR) is 80.6 cm³/mol. The molecule has 0 aliphatic carbocycles. The third kappa shape index (κ3) is 7.58. The highest BCUT2D eigenvalue weighted by Crippen LogP contribution is 2.04. The van der Waals surface area contributed by atoms with Crippen LogP contribution in [0.25, 0.3) is 0 Å². The second kappa shape index (κ2) is 10.1. The van der Waals surface area contributed by atoms with Gasteiger partial charge in [0.1, 0.15) is 0 Å². The van der Waals surface area contributed by atoms with Crippen LogP contribution in [0.3, 0.4) is 0 Å². The summed E-state index contributed by atoms with van der Waals surface area (Å²) in [6.45, 7) is 4.49.